The summed E-state index contributed by atoms with van der Waals surface area (Å²) < 4.78 is 12.5. The van der Waals surface area contributed by atoms with Crippen molar-refractivity contribution in [2.24, 2.45) is 0 Å². The van der Waals surface area contributed by atoms with Gasteiger partial charge in [0.2, 0.25) is 5.71 Å². The van der Waals surface area contributed by atoms with Crippen molar-refractivity contribution in [2.45, 2.75) is 10.8 Å². The number of nitrogens with zero attached hydrogens (tertiary/aromatic N) is 6. The van der Waals surface area contributed by atoms with Crippen LogP contribution in [-0.4, -0.2) is 29.1 Å². The Bertz CT molecular complexity index is 8000. The van der Waals surface area contributed by atoms with Crippen molar-refractivity contribution in [1.82, 2.24) is 29.1 Å². The van der Waals surface area contributed by atoms with Gasteiger partial charge in [-0.1, -0.05) is 309 Å². The van der Waals surface area contributed by atoms with Crippen LogP contribution in [0.3, 0.4) is 0 Å². The number of furan rings is 1. The maximum atomic E-state index is 6.52. The van der Waals surface area contributed by atoms with E-state index in [0.717, 1.165) is 88.4 Å². The zero-order valence-electron chi connectivity index (χ0n) is 63.3. The van der Waals surface area contributed by atoms with Gasteiger partial charge in [-0.3, -0.25) is 9.13 Å². The fraction of sp³-hybridized carbons (Fsp3) is 0.0182. The molecule has 18 aromatic carbocycles. The van der Waals surface area contributed by atoms with Gasteiger partial charge < -0.3 is 4.42 Å². The molecule has 0 amide bonds. The van der Waals surface area contributed by atoms with Crippen LogP contribution in [0.15, 0.2) is 381 Å². The lowest BCUT2D eigenvalue weighted by Gasteiger charge is -2.30. The monoisotopic (exact) mass is 1510 g/mol. The first kappa shape index (κ1) is 64.2. The Balaban J connectivity index is 0.000000126. The van der Waals surface area contributed by atoms with E-state index in [-0.39, 0.29) is 0 Å². The van der Waals surface area contributed by atoms with E-state index in [4.69, 9.17) is 24.4 Å². The number of aromatic nitrogens is 6. The summed E-state index contributed by atoms with van der Waals surface area (Å²) in [7, 11) is 0. The molecule has 24 aromatic rings. The molecule has 7 nitrogen and oxygen atoms in total. The summed E-state index contributed by atoms with van der Waals surface area (Å²) in [5.41, 5.74) is 30.8. The summed E-state index contributed by atoms with van der Waals surface area (Å²) in [6.07, 6.45) is 0. The molecule has 0 radical (unpaired) electrons. The number of fused-ring (bicyclic) bond motifs is 38. The van der Waals surface area contributed by atoms with E-state index < -0.39 is 10.8 Å². The molecule has 6 aromatic heterocycles. The third kappa shape index (κ3) is 8.44. The maximum Gasteiger partial charge on any atom is 0.247 e. The lowest BCUT2D eigenvalue weighted by atomic mass is 9.70. The summed E-state index contributed by atoms with van der Waals surface area (Å²) in [5.74, 6) is 1.61. The van der Waals surface area contributed by atoms with Crippen LogP contribution in [-0.2, 0) is 10.8 Å². The van der Waals surface area contributed by atoms with Gasteiger partial charge in [0, 0.05) is 48.1 Å². The molecule has 118 heavy (non-hydrogen) atoms. The van der Waals surface area contributed by atoms with Crippen LogP contribution in [0.5, 0.6) is 0 Å². The molecule has 2 spiro atoms. The van der Waals surface area contributed by atoms with Crippen LogP contribution in [0.25, 0.3) is 208 Å². The molecular weight excluding hydrogens is 1450 g/mol. The highest BCUT2D eigenvalue weighted by Crippen LogP contribution is 2.65. The molecule has 0 unspecified atom stereocenters. The molecule has 0 aliphatic heterocycles. The highest BCUT2D eigenvalue weighted by Gasteiger charge is 2.53. The minimum Gasteiger partial charge on any atom is -0.436 e. The van der Waals surface area contributed by atoms with Crippen molar-refractivity contribution in [1.29, 1.82) is 0 Å². The van der Waals surface area contributed by atoms with Crippen molar-refractivity contribution >= 4 is 141 Å². The second-order valence-corrected chi connectivity index (χ2v) is 33.1. The molecular formula is C110H62N6OS. The Labute approximate surface area is 679 Å². The minimum absolute atomic E-state index is 0.463. The van der Waals surface area contributed by atoms with Crippen molar-refractivity contribution in [3.63, 3.8) is 0 Å². The number of thiophene rings is 1. The lowest BCUT2D eigenvalue weighted by Crippen LogP contribution is -2.25. The largest absolute Gasteiger partial charge is 0.436 e. The Kier molecular flexibility index (Phi) is 12.9. The zero-order valence-corrected chi connectivity index (χ0v) is 64.1. The van der Waals surface area contributed by atoms with Crippen LogP contribution in [0.1, 0.15) is 44.5 Å². The van der Waals surface area contributed by atoms with Gasteiger partial charge in [0.05, 0.1) is 32.9 Å². The van der Waals surface area contributed by atoms with Gasteiger partial charge in [0.25, 0.3) is 0 Å². The number of hydrogen-bond donors (Lipinski definition) is 0. The molecule has 0 N–H and O–H groups in total. The molecule has 0 atom stereocenters. The Morgan fingerprint density at radius 1 is 0.246 bits per heavy atom. The summed E-state index contributed by atoms with van der Waals surface area (Å²) in [5, 5.41) is 16.6. The summed E-state index contributed by atoms with van der Waals surface area (Å²) >= 11 is 1.72. The number of rotatable bonds is 4. The predicted octanol–water partition coefficient (Wildman–Crippen LogP) is 28.0. The minimum atomic E-state index is -0.489. The molecule has 0 fully saturated rings. The molecule has 544 valence electrons. The second-order valence-electron chi connectivity index (χ2n) is 32.1. The number of hydrogen-bond acceptors (Lipinski definition) is 6. The van der Waals surface area contributed by atoms with Gasteiger partial charge in [-0.15, -0.1) is 11.3 Å². The quantitative estimate of drug-likeness (QED) is 0.176. The van der Waals surface area contributed by atoms with Crippen molar-refractivity contribution in [3.05, 3.63) is 421 Å². The normalized spacial score (nSPS) is 13.6. The van der Waals surface area contributed by atoms with Crippen LogP contribution in [0.2, 0.25) is 0 Å². The van der Waals surface area contributed by atoms with E-state index in [0.29, 0.717) is 5.71 Å². The van der Waals surface area contributed by atoms with Gasteiger partial charge >= 0.3 is 0 Å². The molecule has 4 aliphatic carbocycles. The second kappa shape index (κ2) is 23.7. The Morgan fingerprint density at radius 3 is 1.06 bits per heavy atom. The molecule has 4 aliphatic rings. The lowest BCUT2D eigenvalue weighted by molar-refractivity contribution is 0.653. The molecule has 6 heterocycles. The van der Waals surface area contributed by atoms with Crippen LogP contribution < -0.4 is 0 Å². The summed E-state index contributed by atoms with van der Waals surface area (Å²) in [4.78, 5) is 23.5. The first-order valence-corrected chi connectivity index (χ1v) is 41.3. The van der Waals surface area contributed by atoms with E-state index >= 15 is 0 Å². The first-order chi connectivity index (χ1) is 58.5. The average molecular weight is 1520 g/mol. The third-order valence-corrected chi connectivity index (χ3v) is 27.5. The van der Waals surface area contributed by atoms with E-state index in [1.54, 1.807) is 11.3 Å². The van der Waals surface area contributed by atoms with Gasteiger partial charge in [0.15, 0.2) is 11.6 Å². The fourth-order valence-corrected chi connectivity index (χ4v) is 22.6. The van der Waals surface area contributed by atoms with Gasteiger partial charge in [0.1, 0.15) is 32.8 Å². The van der Waals surface area contributed by atoms with Gasteiger partial charge in [-0.2, -0.15) is 0 Å². The maximum absolute atomic E-state index is 6.52. The fourth-order valence-electron chi connectivity index (χ4n) is 21.6. The number of benzene rings is 18. The molecule has 28 rings (SSSR count). The Hall–Kier alpha value is -15.2. The van der Waals surface area contributed by atoms with E-state index in [1.807, 2.05) is 18.2 Å². The van der Waals surface area contributed by atoms with Crippen molar-refractivity contribution in [3.8, 4) is 78.7 Å². The molecule has 0 saturated heterocycles. The first-order valence-electron chi connectivity index (χ1n) is 40.5. The SMILES string of the molecule is c1ccc2c(c1)-c1ccccc1C21c2ccccc2-c2ccc(-c3nc4oc5ccccc5c4nc3-n3c4cc5ccccc5cc4c4c5ccccc5ccc43)cc21.c1ccc2c(c1)-c1ccccc1C21c2ccccc2-c2ccc(-c3nc4sc5ccccc5c4nc3-n3c4cc5ccccc5cc4c4c5ccccc5ccc43)cc21. The van der Waals surface area contributed by atoms with Crippen LogP contribution >= 0.6 is 11.3 Å². The molecule has 0 saturated carbocycles. The molecule has 0 bridgehead atoms. The third-order valence-electron chi connectivity index (χ3n) is 26.4. The highest BCUT2D eigenvalue weighted by atomic mass is 32.1. The van der Waals surface area contributed by atoms with E-state index in [2.05, 4.69) is 367 Å². The van der Waals surface area contributed by atoms with Gasteiger partial charge in [-0.25, -0.2) is 19.9 Å². The highest BCUT2D eigenvalue weighted by molar-refractivity contribution is 7.25. The van der Waals surface area contributed by atoms with Crippen LogP contribution in [0.4, 0.5) is 0 Å². The summed E-state index contributed by atoms with van der Waals surface area (Å²) in [6, 6.07) is 138. The average Bonchev–Trinajstić information content (AvgIpc) is 1.51. The number of para-hydroxylation sites is 1. The predicted molar refractivity (Wildman–Crippen MR) is 486 cm³/mol. The topological polar surface area (TPSA) is 74.6 Å². The zero-order chi connectivity index (χ0) is 76.8. The molecule has 8 heteroatoms. The van der Waals surface area contributed by atoms with Crippen LogP contribution in [0, 0.1) is 0 Å². The summed E-state index contributed by atoms with van der Waals surface area (Å²) in [6.45, 7) is 0. The van der Waals surface area contributed by atoms with E-state index in [9.17, 15) is 0 Å². The smallest absolute Gasteiger partial charge is 0.247 e. The van der Waals surface area contributed by atoms with Crippen molar-refractivity contribution in [2.75, 3.05) is 0 Å². The standard InChI is InChI=1S/C55H31N3O.C55H31N3S/c2*1-2-15-34-31-48-42(29-33(34)14-1)50-36-16-4-3-13-32(36)26-28-47(50)58(48)53-51(57-54-52(56-53)41-20-8-12-24-49(41)59-54)35-25-27-40-39-19-7-11-23-45(39)55(46(40)30-35)43-21-9-5-17-37(43)38-18-6-10-22-44(38)55/h2*1-31H. The van der Waals surface area contributed by atoms with E-state index in [1.165, 1.54) is 158 Å². The van der Waals surface area contributed by atoms with Crippen molar-refractivity contribution < 1.29 is 4.42 Å². The Morgan fingerprint density at radius 2 is 0.602 bits per heavy atom. The van der Waals surface area contributed by atoms with Gasteiger partial charge in [-0.05, 0) is 199 Å².